The number of phenols is 2. The fraction of sp³-hybridized carbons (Fsp3) is 0.106. The van der Waals surface area contributed by atoms with Crippen LogP contribution in [0.4, 0.5) is 11.4 Å². The van der Waals surface area contributed by atoms with Gasteiger partial charge >= 0.3 is 0 Å². The van der Waals surface area contributed by atoms with Crippen molar-refractivity contribution in [1.82, 2.24) is 9.13 Å². The molecule has 0 amide bonds. The topological polar surface area (TPSA) is 62.8 Å². The molecule has 0 bridgehead atoms. The van der Waals surface area contributed by atoms with Crippen molar-refractivity contribution >= 4 is 55.0 Å². The van der Waals surface area contributed by atoms with Crippen molar-refractivity contribution in [2.45, 2.75) is 13.8 Å². The maximum atomic E-state index is 12.4. The molecule has 0 aliphatic carbocycles. The van der Waals surface area contributed by atoms with E-state index in [0.29, 0.717) is 35.8 Å². The molecule has 0 aliphatic heterocycles. The van der Waals surface area contributed by atoms with Crippen molar-refractivity contribution in [1.29, 1.82) is 0 Å². The second-order valence-corrected chi connectivity index (χ2v) is 13.7. The number of aryl methyl sites for hydroxylation is 2. The molecule has 0 unspecified atom stereocenters. The van der Waals surface area contributed by atoms with Gasteiger partial charge in [-0.1, -0.05) is 91.0 Å². The van der Waals surface area contributed by atoms with E-state index in [9.17, 15) is 10.2 Å². The van der Waals surface area contributed by atoms with Gasteiger partial charge in [-0.05, 0) is 79.6 Å². The van der Waals surface area contributed by atoms with Gasteiger partial charge in [-0.2, -0.15) is 0 Å². The first-order valence-corrected chi connectivity index (χ1v) is 17.9. The van der Waals surface area contributed by atoms with Gasteiger partial charge in [-0.25, -0.2) is 0 Å². The molecule has 7 heteroatoms. The third-order valence-electron chi connectivity index (χ3n) is 10.4. The number of aromatic nitrogens is 2. The van der Waals surface area contributed by atoms with Crippen molar-refractivity contribution in [3.05, 3.63) is 157 Å². The summed E-state index contributed by atoms with van der Waals surface area (Å²) in [5, 5.41) is 29.3. The monoisotopic (exact) mass is 783 g/mol. The number of anilines is 2. The number of benzene rings is 7. The maximum absolute atomic E-state index is 12.4. The van der Waals surface area contributed by atoms with Gasteiger partial charge in [0.05, 0.1) is 45.7 Å². The van der Waals surface area contributed by atoms with Crippen LogP contribution in [0.15, 0.2) is 146 Å². The van der Waals surface area contributed by atoms with Gasteiger partial charge in [-0.3, -0.25) is 0 Å². The first-order valence-electron chi connectivity index (χ1n) is 17.9. The molecule has 54 heavy (non-hydrogen) atoms. The van der Waals surface area contributed by atoms with E-state index in [-0.39, 0.29) is 37.7 Å². The average molecular weight is 785 g/mol. The molecule has 7 aromatic carbocycles. The number of rotatable bonds is 8. The number of fused-ring (bicyclic) bond motifs is 6. The van der Waals surface area contributed by atoms with Crippen molar-refractivity contribution in [2.24, 2.45) is 0 Å². The molecule has 2 N–H and O–H groups in total. The predicted molar refractivity (Wildman–Crippen MR) is 219 cm³/mol. The van der Waals surface area contributed by atoms with E-state index in [1.54, 1.807) is 7.11 Å². The fourth-order valence-electron chi connectivity index (χ4n) is 8.11. The quantitative estimate of drug-likeness (QED) is 0.161. The molecular weight excluding hydrogens is 746 g/mol. The van der Waals surface area contributed by atoms with Gasteiger partial charge in [0.15, 0.2) is 5.75 Å². The number of para-hydroxylation sites is 5. The van der Waals surface area contributed by atoms with Gasteiger partial charge in [-0.15, -0.1) is 0 Å². The van der Waals surface area contributed by atoms with Crippen molar-refractivity contribution in [2.75, 3.05) is 25.2 Å². The van der Waals surface area contributed by atoms with Gasteiger partial charge in [0.2, 0.25) is 0 Å². The molecule has 0 aliphatic rings. The molecule has 6 nitrogen and oxygen atoms in total. The normalized spacial score (nSPS) is 11.5. The average Bonchev–Trinajstić information content (AvgIpc) is 3.70. The minimum Gasteiger partial charge on any atom is -0.505 e. The van der Waals surface area contributed by atoms with E-state index in [0.717, 1.165) is 66.0 Å². The smallest absolute Gasteiger partial charge is 0.163 e. The van der Waals surface area contributed by atoms with Crippen LogP contribution in [0.5, 0.6) is 11.5 Å². The van der Waals surface area contributed by atoms with Crippen LogP contribution in [0.1, 0.15) is 11.1 Å². The number of nitrogens with zero attached hydrogens (tertiary/aromatic N) is 3. The molecule has 0 atom stereocenters. The van der Waals surface area contributed by atoms with Crippen LogP contribution in [0.2, 0.25) is 0 Å². The van der Waals surface area contributed by atoms with Crippen LogP contribution in [-0.4, -0.2) is 39.6 Å². The van der Waals surface area contributed by atoms with Crippen molar-refractivity contribution < 1.29 is 41.2 Å². The van der Waals surface area contributed by atoms with Crippen molar-refractivity contribution in [3.63, 3.8) is 0 Å². The summed E-state index contributed by atoms with van der Waals surface area (Å²) in [6, 6.07) is 49.5. The molecule has 9 aromatic rings. The minimum atomic E-state index is 0. The summed E-state index contributed by atoms with van der Waals surface area (Å²) < 4.78 is 9.97. The van der Waals surface area contributed by atoms with E-state index >= 15 is 0 Å². The third-order valence-corrected chi connectivity index (χ3v) is 10.4. The van der Waals surface area contributed by atoms with Crippen LogP contribution < -0.4 is 4.90 Å². The maximum Gasteiger partial charge on any atom is 0.163 e. The van der Waals surface area contributed by atoms with E-state index < -0.39 is 0 Å². The molecule has 9 rings (SSSR count). The number of methoxy groups -OCH3 is 1. The Morgan fingerprint density at radius 1 is 0.500 bits per heavy atom. The SMILES string of the molecule is COCCN(c1ccccc1-c1cc(C)cc(-n2c3ccccc3c3ccccc32)c1O)c1cc(C)cc(-n2c3ccccc3c3ccccc32)c1O.[Zr]. The molecule has 264 valence electrons. The summed E-state index contributed by atoms with van der Waals surface area (Å²) >= 11 is 0. The summed E-state index contributed by atoms with van der Waals surface area (Å²) in [4.78, 5) is 2.11. The Bertz CT molecular complexity index is 2750. The Balaban J connectivity index is 0.00000413. The second kappa shape index (κ2) is 14.3. The van der Waals surface area contributed by atoms with Crippen LogP contribution in [0.3, 0.4) is 0 Å². The van der Waals surface area contributed by atoms with Gasteiger partial charge in [0.1, 0.15) is 5.75 Å². The Labute approximate surface area is 333 Å². The molecule has 2 aromatic heterocycles. The Morgan fingerprint density at radius 3 is 1.43 bits per heavy atom. The number of phenolic OH excluding ortho intramolecular Hbond substituents is 2. The van der Waals surface area contributed by atoms with Crippen LogP contribution in [-0.2, 0) is 30.9 Å². The zero-order valence-corrected chi connectivity index (χ0v) is 32.9. The number of ether oxygens (including phenoxy) is 1. The fourth-order valence-corrected chi connectivity index (χ4v) is 8.11. The number of hydrogen-bond acceptors (Lipinski definition) is 4. The molecule has 0 saturated carbocycles. The van der Waals surface area contributed by atoms with E-state index in [1.165, 1.54) is 0 Å². The molecule has 0 fully saturated rings. The zero-order chi connectivity index (χ0) is 36.2. The largest absolute Gasteiger partial charge is 0.505 e. The van der Waals surface area contributed by atoms with Gasteiger partial charge in [0, 0.05) is 78.2 Å². The third kappa shape index (κ3) is 5.71. The summed E-state index contributed by atoms with van der Waals surface area (Å²) in [5.41, 5.74) is 10.6. The first-order chi connectivity index (χ1) is 25.9. The summed E-state index contributed by atoms with van der Waals surface area (Å²) in [5.74, 6) is 0.341. The van der Waals surface area contributed by atoms with Gasteiger partial charge in [0.25, 0.3) is 0 Å². The number of hydrogen-bond donors (Lipinski definition) is 2. The zero-order valence-electron chi connectivity index (χ0n) is 30.4. The van der Waals surface area contributed by atoms with Gasteiger partial charge < -0.3 is 29.0 Å². The summed E-state index contributed by atoms with van der Waals surface area (Å²) in [7, 11) is 1.69. The van der Waals surface area contributed by atoms with Crippen LogP contribution >= 0.6 is 0 Å². The second-order valence-electron chi connectivity index (χ2n) is 13.7. The van der Waals surface area contributed by atoms with Crippen molar-refractivity contribution in [3.8, 4) is 34.0 Å². The Hall–Kier alpha value is -5.62. The summed E-state index contributed by atoms with van der Waals surface area (Å²) in [6.07, 6.45) is 0. The Morgan fingerprint density at radius 2 is 0.926 bits per heavy atom. The molecular formula is C47H39N3O3Zr. The molecule has 0 spiro atoms. The summed E-state index contributed by atoms with van der Waals surface area (Å²) in [6.45, 7) is 5.00. The standard InChI is InChI=1S/C47H39N3O3.Zr/c1-30-26-37(46(51)44(28-30)49-39-20-10-5-14-32(39)33-15-6-11-21-40(33)49)36-18-4-9-19-38(36)48(24-25-53-3)43-27-31(2)29-45(47(43)52)50-41-22-12-7-16-34(41)35-17-8-13-23-42(35)50;/h4-23,26-29,51-52H,24-25H2,1-3H3;. The van der Waals surface area contributed by atoms with Crippen LogP contribution in [0, 0.1) is 13.8 Å². The molecule has 0 radical (unpaired) electrons. The van der Waals surface area contributed by atoms with E-state index in [2.05, 4.69) is 107 Å². The predicted octanol–water partition coefficient (Wildman–Crippen LogP) is 11.4. The molecule has 0 saturated heterocycles. The minimum absolute atomic E-state index is 0. The Kier molecular flexibility index (Phi) is 9.39. The van der Waals surface area contributed by atoms with Crippen LogP contribution in [0.25, 0.3) is 66.1 Å². The number of aromatic hydroxyl groups is 2. The molecule has 2 heterocycles. The first kappa shape index (κ1) is 35.4. The van der Waals surface area contributed by atoms with E-state index in [1.807, 2.05) is 66.7 Å². The van der Waals surface area contributed by atoms with E-state index in [4.69, 9.17) is 4.74 Å².